The monoisotopic (exact) mass is 283 g/mol. The molecule has 108 valence electrons. The highest BCUT2D eigenvalue weighted by Crippen LogP contribution is 2.11. The number of hydrogen-bond donors (Lipinski definition) is 1. The summed E-state index contributed by atoms with van der Waals surface area (Å²) in [6.07, 6.45) is 5.65. The average Bonchev–Trinajstić information content (AvgIpc) is 2.48. The van der Waals surface area contributed by atoms with E-state index in [1.807, 2.05) is 42.5 Å². The van der Waals surface area contributed by atoms with Gasteiger partial charge in [0, 0.05) is 12.3 Å². The third-order valence-electron chi connectivity index (χ3n) is 3.25. The van der Waals surface area contributed by atoms with E-state index in [9.17, 15) is 9.59 Å². The van der Waals surface area contributed by atoms with Crippen molar-refractivity contribution in [3.63, 3.8) is 0 Å². The average molecular weight is 283 g/mol. The number of pyridine rings is 1. The van der Waals surface area contributed by atoms with Crippen LogP contribution in [0.5, 0.6) is 0 Å². The summed E-state index contributed by atoms with van der Waals surface area (Å²) in [7, 11) is 0. The van der Waals surface area contributed by atoms with Crippen molar-refractivity contribution in [2.75, 3.05) is 0 Å². The van der Waals surface area contributed by atoms with Gasteiger partial charge >= 0.3 is 5.97 Å². The maximum Gasteiger partial charge on any atom is 0.326 e. The minimum atomic E-state index is -0.993. The number of carboxylic acid groups (broad SMARTS) is 1. The number of hydrogen-bond acceptors (Lipinski definition) is 2. The van der Waals surface area contributed by atoms with Crippen LogP contribution in [0.3, 0.4) is 0 Å². The molecule has 1 heterocycles. The Morgan fingerprint density at radius 1 is 1.19 bits per heavy atom. The van der Waals surface area contributed by atoms with Crippen LogP contribution >= 0.6 is 0 Å². The summed E-state index contributed by atoms with van der Waals surface area (Å²) in [5, 5.41) is 9.10. The van der Waals surface area contributed by atoms with Crippen molar-refractivity contribution in [3.05, 3.63) is 70.1 Å². The van der Waals surface area contributed by atoms with Gasteiger partial charge in [0.1, 0.15) is 6.04 Å². The van der Waals surface area contributed by atoms with Gasteiger partial charge in [0.25, 0.3) is 5.56 Å². The van der Waals surface area contributed by atoms with Gasteiger partial charge < -0.3 is 9.67 Å². The second-order valence-electron chi connectivity index (χ2n) is 4.71. The molecular formula is C17H17NO3. The highest BCUT2D eigenvalue weighted by molar-refractivity contribution is 5.72. The van der Waals surface area contributed by atoms with Gasteiger partial charge in [-0.1, -0.05) is 49.4 Å². The molecule has 0 saturated carbocycles. The largest absolute Gasteiger partial charge is 0.480 e. The lowest BCUT2D eigenvalue weighted by atomic mass is 10.1. The first-order valence-electron chi connectivity index (χ1n) is 6.80. The van der Waals surface area contributed by atoms with Crippen LogP contribution in [0.25, 0.3) is 12.2 Å². The molecule has 0 spiro atoms. The number of aromatic nitrogens is 1. The molecule has 0 aliphatic rings. The van der Waals surface area contributed by atoms with Crippen molar-refractivity contribution in [2.24, 2.45) is 0 Å². The lowest BCUT2D eigenvalue weighted by Crippen LogP contribution is -2.28. The van der Waals surface area contributed by atoms with Gasteiger partial charge in [-0.05, 0) is 23.6 Å². The molecule has 0 aliphatic carbocycles. The quantitative estimate of drug-likeness (QED) is 0.917. The molecule has 0 bridgehead atoms. The summed E-state index contributed by atoms with van der Waals surface area (Å²) in [5.41, 5.74) is 1.48. The van der Waals surface area contributed by atoms with Crippen LogP contribution in [0.15, 0.2) is 53.5 Å². The van der Waals surface area contributed by atoms with E-state index in [2.05, 4.69) is 0 Å². The van der Waals surface area contributed by atoms with E-state index in [4.69, 9.17) is 5.11 Å². The SMILES string of the molecule is CCC(C(=O)O)n1ccc(/C=C/c2ccccc2)cc1=O. The number of nitrogens with zero attached hydrogens (tertiary/aromatic N) is 1. The van der Waals surface area contributed by atoms with Crippen molar-refractivity contribution in [2.45, 2.75) is 19.4 Å². The topological polar surface area (TPSA) is 59.3 Å². The summed E-state index contributed by atoms with van der Waals surface area (Å²) in [6, 6.07) is 12.1. The van der Waals surface area contributed by atoms with Crippen LogP contribution in [0, 0.1) is 0 Å². The Labute approximate surface area is 123 Å². The Morgan fingerprint density at radius 3 is 2.43 bits per heavy atom. The molecule has 1 aromatic heterocycles. The van der Waals surface area contributed by atoms with E-state index in [1.165, 1.54) is 16.8 Å². The molecule has 2 rings (SSSR count). The van der Waals surface area contributed by atoms with Crippen LogP contribution in [-0.2, 0) is 4.79 Å². The van der Waals surface area contributed by atoms with Crippen LogP contribution in [-0.4, -0.2) is 15.6 Å². The molecule has 2 aromatic rings. The summed E-state index contributed by atoms with van der Waals surface area (Å²) in [4.78, 5) is 23.1. The minimum absolute atomic E-state index is 0.306. The van der Waals surface area contributed by atoms with Crippen LogP contribution in [0.4, 0.5) is 0 Å². The Bertz CT molecular complexity index is 701. The van der Waals surface area contributed by atoms with Gasteiger partial charge in [-0.3, -0.25) is 4.79 Å². The van der Waals surface area contributed by atoms with Gasteiger partial charge in [-0.15, -0.1) is 0 Å². The summed E-state index contributed by atoms with van der Waals surface area (Å²) < 4.78 is 1.25. The first-order valence-corrected chi connectivity index (χ1v) is 6.80. The smallest absolute Gasteiger partial charge is 0.326 e. The van der Waals surface area contributed by atoms with Crippen LogP contribution < -0.4 is 5.56 Å². The van der Waals surface area contributed by atoms with Crippen molar-refractivity contribution in [3.8, 4) is 0 Å². The highest BCUT2D eigenvalue weighted by atomic mass is 16.4. The molecular weight excluding hydrogens is 266 g/mol. The van der Waals surface area contributed by atoms with E-state index in [0.29, 0.717) is 6.42 Å². The molecule has 4 nitrogen and oxygen atoms in total. The molecule has 0 aliphatic heterocycles. The Morgan fingerprint density at radius 2 is 1.86 bits per heavy atom. The summed E-state index contributed by atoms with van der Waals surface area (Å²) >= 11 is 0. The molecule has 1 atom stereocenters. The molecule has 0 saturated heterocycles. The number of aliphatic carboxylic acids is 1. The Hall–Kier alpha value is -2.62. The zero-order valence-corrected chi connectivity index (χ0v) is 11.8. The fourth-order valence-corrected chi connectivity index (χ4v) is 2.11. The third kappa shape index (κ3) is 3.69. The van der Waals surface area contributed by atoms with Crippen LogP contribution in [0.2, 0.25) is 0 Å². The lowest BCUT2D eigenvalue weighted by Gasteiger charge is -2.13. The molecule has 4 heteroatoms. The van der Waals surface area contributed by atoms with Gasteiger partial charge in [0.05, 0.1) is 0 Å². The highest BCUT2D eigenvalue weighted by Gasteiger charge is 2.17. The number of carbonyl (C=O) groups is 1. The Kier molecular flexibility index (Phi) is 4.72. The summed E-state index contributed by atoms with van der Waals surface area (Å²) in [5.74, 6) is -0.993. The first-order chi connectivity index (χ1) is 10.1. The molecule has 21 heavy (non-hydrogen) atoms. The second kappa shape index (κ2) is 6.70. The first kappa shape index (κ1) is 14.8. The normalized spacial score (nSPS) is 12.4. The van der Waals surface area contributed by atoms with E-state index in [-0.39, 0.29) is 5.56 Å². The molecule has 1 aromatic carbocycles. The fraction of sp³-hybridized carbons (Fsp3) is 0.176. The predicted molar refractivity (Wildman–Crippen MR) is 83.0 cm³/mol. The lowest BCUT2D eigenvalue weighted by molar-refractivity contribution is -0.141. The van der Waals surface area contributed by atoms with Gasteiger partial charge in [-0.25, -0.2) is 4.79 Å². The fourth-order valence-electron chi connectivity index (χ4n) is 2.11. The van der Waals surface area contributed by atoms with E-state index < -0.39 is 12.0 Å². The zero-order valence-electron chi connectivity index (χ0n) is 11.8. The van der Waals surface area contributed by atoms with Gasteiger partial charge in [0.15, 0.2) is 0 Å². The van der Waals surface area contributed by atoms with E-state index in [0.717, 1.165) is 11.1 Å². The standard InChI is InChI=1S/C17H17NO3/c1-2-15(17(20)21)18-11-10-14(12-16(18)19)9-8-13-6-4-3-5-7-13/h3-12,15H,2H2,1H3,(H,20,21)/b9-8+. The van der Waals surface area contributed by atoms with Crippen molar-refractivity contribution >= 4 is 18.1 Å². The van der Waals surface area contributed by atoms with Gasteiger partial charge in [-0.2, -0.15) is 0 Å². The van der Waals surface area contributed by atoms with E-state index in [1.54, 1.807) is 13.0 Å². The molecule has 1 unspecified atom stereocenters. The molecule has 0 radical (unpaired) electrons. The maximum atomic E-state index is 12.0. The predicted octanol–water partition coefficient (Wildman–Crippen LogP) is 3.05. The zero-order chi connectivity index (χ0) is 15.2. The minimum Gasteiger partial charge on any atom is -0.480 e. The van der Waals surface area contributed by atoms with E-state index >= 15 is 0 Å². The van der Waals surface area contributed by atoms with Crippen molar-refractivity contribution in [1.82, 2.24) is 4.57 Å². The number of carboxylic acids is 1. The molecule has 0 amide bonds. The molecule has 1 N–H and O–H groups in total. The Balaban J connectivity index is 2.25. The summed E-state index contributed by atoms with van der Waals surface area (Å²) in [6.45, 7) is 1.74. The molecule has 0 fully saturated rings. The maximum absolute atomic E-state index is 12.0. The number of rotatable bonds is 5. The third-order valence-corrected chi connectivity index (χ3v) is 3.25. The van der Waals surface area contributed by atoms with Crippen molar-refractivity contribution in [1.29, 1.82) is 0 Å². The second-order valence-corrected chi connectivity index (χ2v) is 4.71. The van der Waals surface area contributed by atoms with Crippen molar-refractivity contribution < 1.29 is 9.90 Å². The number of benzene rings is 1. The van der Waals surface area contributed by atoms with Crippen LogP contribution in [0.1, 0.15) is 30.5 Å². The van der Waals surface area contributed by atoms with Gasteiger partial charge in [0.2, 0.25) is 0 Å².